The minimum absolute atomic E-state index is 0.00100. The first-order valence-electron chi connectivity index (χ1n) is 8.29. The van der Waals surface area contributed by atoms with Crippen molar-refractivity contribution in [2.45, 2.75) is 45.1 Å². The fourth-order valence-corrected chi connectivity index (χ4v) is 3.56. The third-order valence-electron chi connectivity index (χ3n) is 3.93. The number of hydrogen-bond acceptors (Lipinski definition) is 3. The van der Waals surface area contributed by atoms with E-state index in [1.165, 1.54) is 17.8 Å². The van der Waals surface area contributed by atoms with Gasteiger partial charge in [0.2, 0.25) is 5.91 Å². The molecular weight excluding hydrogens is 351 g/mol. The van der Waals surface area contributed by atoms with Gasteiger partial charge in [0, 0.05) is 19.6 Å². The Kier molecular flexibility index (Phi) is 6.37. The molecule has 1 aromatic carbocycles. The first kappa shape index (κ1) is 19.6. The smallest absolute Gasteiger partial charge is 0.343 e. The summed E-state index contributed by atoms with van der Waals surface area (Å²) < 4.78 is 40.7. The lowest BCUT2D eigenvalue weighted by Gasteiger charge is -2.18. The van der Waals surface area contributed by atoms with Crippen molar-refractivity contribution in [3.63, 3.8) is 0 Å². The number of nitrogens with zero attached hydrogens (tertiary/aromatic N) is 3. The average molecular weight is 373 g/mol. The van der Waals surface area contributed by atoms with Crippen molar-refractivity contribution in [2.75, 3.05) is 18.8 Å². The van der Waals surface area contributed by atoms with Crippen LogP contribution in [0.1, 0.15) is 32.8 Å². The summed E-state index contributed by atoms with van der Waals surface area (Å²) in [5.74, 6) is 0.224. The molecule has 0 fully saturated rings. The number of hydrogen-bond donors (Lipinski definition) is 0. The number of aromatic nitrogens is 2. The Hall–Kier alpha value is -1.70. The normalized spacial score (nSPS) is 11.9. The Labute approximate surface area is 149 Å². The summed E-state index contributed by atoms with van der Waals surface area (Å²) >= 11 is 1.27. The number of imidazole rings is 1. The number of fused-ring (bicyclic) bond motifs is 1. The Morgan fingerprint density at radius 2 is 1.92 bits per heavy atom. The van der Waals surface area contributed by atoms with E-state index in [1.54, 1.807) is 9.47 Å². The summed E-state index contributed by atoms with van der Waals surface area (Å²) in [6, 6.07) is 3.57. The molecule has 0 saturated heterocycles. The van der Waals surface area contributed by atoms with Crippen molar-refractivity contribution in [3.05, 3.63) is 23.8 Å². The predicted octanol–water partition coefficient (Wildman–Crippen LogP) is 4.43. The van der Waals surface area contributed by atoms with E-state index in [2.05, 4.69) is 4.98 Å². The van der Waals surface area contributed by atoms with E-state index in [-0.39, 0.29) is 11.7 Å². The van der Waals surface area contributed by atoms with Crippen molar-refractivity contribution < 1.29 is 18.0 Å². The lowest BCUT2D eigenvalue weighted by molar-refractivity contribution is -0.137. The second-order valence-corrected chi connectivity index (χ2v) is 6.54. The molecule has 2 aromatic rings. The summed E-state index contributed by atoms with van der Waals surface area (Å²) in [7, 11) is 0. The standard InChI is InChI=1S/C17H22F3N3OS/c1-4-9-23-14-10-12(17(18,19)20)7-8-13(14)21-16(23)25-11-15(24)22(5-2)6-3/h7-8,10H,4-6,9,11H2,1-3H3. The number of rotatable bonds is 7. The van der Waals surface area contributed by atoms with E-state index in [0.29, 0.717) is 35.8 Å². The van der Waals surface area contributed by atoms with Gasteiger partial charge in [-0.25, -0.2) is 4.98 Å². The Morgan fingerprint density at radius 1 is 1.24 bits per heavy atom. The molecule has 0 saturated carbocycles. The van der Waals surface area contributed by atoms with Crippen molar-refractivity contribution in [2.24, 2.45) is 0 Å². The molecule has 0 unspecified atom stereocenters. The average Bonchev–Trinajstić information content (AvgIpc) is 2.91. The maximum Gasteiger partial charge on any atom is 0.416 e. The minimum atomic E-state index is -4.39. The first-order chi connectivity index (χ1) is 11.8. The van der Waals surface area contributed by atoms with E-state index in [1.807, 2.05) is 20.8 Å². The molecule has 4 nitrogen and oxygen atoms in total. The van der Waals surface area contributed by atoms with Gasteiger partial charge in [0.05, 0.1) is 22.3 Å². The number of thioether (sulfide) groups is 1. The van der Waals surface area contributed by atoms with Crippen LogP contribution in [0.15, 0.2) is 23.4 Å². The maximum atomic E-state index is 13.0. The highest BCUT2D eigenvalue weighted by Gasteiger charge is 2.31. The zero-order valence-corrected chi connectivity index (χ0v) is 15.4. The number of aryl methyl sites for hydroxylation is 1. The van der Waals surface area contributed by atoms with Crippen LogP contribution in [0.4, 0.5) is 13.2 Å². The van der Waals surface area contributed by atoms with Crippen LogP contribution in [0.3, 0.4) is 0 Å². The number of carbonyl (C=O) groups excluding carboxylic acids is 1. The number of amides is 1. The largest absolute Gasteiger partial charge is 0.416 e. The van der Waals surface area contributed by atoms with Crippen LogP contribution in [-0.2, 0) is 17.5 Å². The molecule has 1 heterocycles. The number of carbonyl (C=O) groups is 1. The highest BCUT2D eigenvalue weighted by molar-refractivity contribution is 7.99. The van der Waals surface area contributed by atoms with Gasteiger partial charge in [-0.1, -0.05) is 18.7 Å². The van der Waals surface area contributed by atoms with Gasteiger partial charge in [-0.2, -0.15) is 13.2 Å². The van der Waals surface area contributed by atoms with E-state index < -0.39 is 11.7 Å². The molecule has 1 amide bonds. The zero-order chi connectivity index (χ0) is 18.6. The van der Waals surface area contributed by atoms with Crippen molar-refractivity contribution >= 4 is 28.7 Å². The summed E-state index contributed by atoms with van der Waals surface area (Å²) in [4.78, 5) is 18.3. The highest BCUT2D eigenvalue weighted by Crippen LogP contribution is 2.33. The fraction of sp³-hybridized carbons (Fsp3) is 0.529. The fourth-order valence-electron chi connectivity index (χ4n) is 2.62. The van der Waals surface area contributed by atoms with E-state index in [4.69, 9.17) is 0 Å². The van der Waals surface area contributed by atoms with Crippen molar-refractivity contribution in [1.82, 2.24) is 14.5 Å². The molecule has 0 aliphatic carbocycles. The minimum Gasteiger partial charge on any atom is -0.343 e. The third kappa shape index (κ3) is 4.48. The molecule has 0 radical (unpaired) electrons. The zero-order valence-electron chi connectivity index (χ0n) is 14.6. The number of halogens is 3. The lowest BCUT2D eigenvalue weighted by atomic mass is 10.2. The molecule has 8 heteroatoms. The summed E-state index contributed by atoms with van der Waals surface area (Å²) in [6.07, 6.45) is -3.62. The predicted molar refractivity (Wildman–Crippen MR) is 93.7 cm³/mol. The van der Waals surface area contributed by atoms with Gasteiger partial charge in [-0.3, -0.25) is 4.79 Å². The highest BCUT2D eigenvalue weighted by atomic mass is 32.2. The van der Waals surface area contributed by atoms with Crippen LogP contribution in [0.2, 0.25) is 0 Å². The van der Waals surface area contributed by atoms with E-state index in [9.17, 15) is 18.0 Å². The summed E-state index contributed by atoms with van der Waals surface area (Å²) in [5.41, 5.74) is 0.279. The van der Waals surface area contributed by atoms with Crippen LogP contribution in [0.5, 0.6) is 0 Å². The van der Waals surface area contributed by atoms with Gasteiger partial charge < -0.3 is 9.47 Å². The van der Waals surface area contributed by atoms with Crippen molar-refractivity contribution in [3.8, 4) is 0 Å². The second kappa shape index (κ2) is 8.12. The Bertz CT molecular complexity index is 739. The van der Waals surface area contributed by atoms with Crippen LogP contribution in [0, 0.1) is 0 Å². The van der Waals surface area contributed by atoms with Gasteiger partial charge in [0.15, 0.2) is 5.16 Å². The molecule has 2 rings (SSSR count). The molecule has 0 aliphatic rings. The van der Waals surface area contributed by atoms with Gasteiger partial charge in [0.1, 0.15) is 0 Å². The number of alkyl halides is 3. The van der Waals surface area contributed by atoms with Crippen molar-refractivity contribution in [1.29, 1.82) is 0 Å². The molecule has 138 valence electrons. The monoisotopic (exact) mass is 373 g/mol. The molecule has 0 N–H and O–H groups in total. The molecule has 0 bridgehead atoms. The molecule has 0 spiro atoms. The van der Waals surface area contributed by atoms with E-state index in [0.717, 1.165) is 18.6 Å². The van der Waals surface area contributed by atoms with E-state index >= 15 is 0 Å². The molecule has 0 atom stereocenters. The quantitative estimate of drug-likeness (QED) is 0.674. The van der Waals surface area contributed by atoms with Crippen LogP contribution in [0.25, 0.3) is 11.0 Å². The molecule has 25 heavy (non-hydrogen) atoms. The molecule has 1 aromatic heterocycles. The third-order valence-corrected chi connectivity index (χ3v) is 4.89. The Balaban J connectivity index is 2.33. The summed E-state index contributed by atoms with van der Waals surface area (Å²) in [6.45, 7) is 7.61. The van der Waals surface area contributed by atoms with Gasteiger partial charge in [-0.05, 0) is 38.5 Å². The van der Waals surface area contributed by atoms with Gasteiger partial charge >= 0.3 is 6.18 Å². The van der Waals surface area contributed by atoms with Gasteiger partial charge in [0.25, 0.3) is 0 Å². The first-order valence-corrected chi connectivity index (χ1v) is 9.28. The number of benzene rings is 1. The van der Waals surface area contributed by atoms with Crippen LogP contribution in [-0.4, -0.2) is 39.2 Å². The summed E-state index contributed by atoms with van der Waals surface area (Å²) in [5, 5.41) is 0.580. The lowest BCUT2D eigenvalue weighted by Crippen LogP contribution is -2.31. The SMILES string of the molecule is CCCn1c(SCC(=O)N(CC)CC)nc2ccc(C(F)(F)F)cc21. The van der Waals surface area contributed by atoms with Crippen LogP contribution >= 0.6 is 11.8 Å². The second-order valence-electron chi connectivity index (χ2n) is 5.60. The molecular formula is C17H22F3N3OS. The topological polar surface area (TPSA) is 38.1 Å². The van der Waals surface area contributed by atoms with Crippen LogP contribution < -0.4 is 0 Å². The molecule has 0 aliphatic heterocycles. The maximum absolute atomic E-state index is 13.0. The Morgan fingerprint density at radius 3 is 2.48 bits per heavy atom. The van der Waals surface area contributed by atoms with Gasteiger partial charge in [-0.15, -0.1) is 0 Å².